The van der Waals surface area contributed by atoms with E-state index in [1.807, 2.05) is 17.0 Å². The van der Waals surface area contributed by atoms with Crippen LogP contribution in [0.3, 0.4) is 0 Å². The van der Waals surface area contributed by atoms with Gasteiger partial charge in [0.05, 0.1) is 16.2 Å². The molecule has 0 saturated heterocycles. The molecule has 0 radical (unpaired) electrons. The average molecular weight is 369 g/mol. The molecule has 3 amide bonds. The minimum atomic E-state index is -0.481. The second kappa shape index (κ2) is 5.54. The highest BCUT2D eigenvalue weighted by Gasteiger charge is 2.49. The summed E-state index contributed by atoms with van der Waals surface area (Å²) >= 11 is 1.05. The van der Waals surface area contributed by atoms with Crippen LogP contribution < -0.4 is 10.2 Å². The van der Waals surface area contributed by atoms with Crippen molar-refractivity contribution in [1.29, 1.82) is 0 Å². The number of anilines is 1. The Bertz CT molecular complexity index is 945. The number of nitrogens with zero attached hydrogens (tertiary/aromatic N) is 2. The molecule has 1 N–H and O–H groups in total. The number of carbonyl (C=O) groups excluding carboxylic acids is 3. The van der Waals surface area contributed by atoms with Crippen LogP contribution in [0.1, 0.15) is 51.2 Å². The summed E-state index contributed by atoms with van der Waals surface area (Å²) in [7, 11) is 0. The molecule has 134 valence electrons. The SMILES string of the molecule is CC(=O)NC1=NC(=O)C(=C2C(=O)N3c4c2cccc4C(C)CC3(C)C)S1. The molecule has 0 aliphatic carbocycles. The van der Waals surface area contributed by atoms with Gasteiger partial charge in [-0.2, -0.15) is 4.99 Å². The summed E-state index contributed by atoms with van der Waals surface area (Å²) in [4.78, 5) is 43.0. The van der Waals surface area contributed by atoms with Crippen LogP contribution in [0, 0.1) is 0 Å². The van der Waals surface area contributed by atoms with Crippen molar-refractivity contribution in [3.63, 3.8) is 0 Å². The summed E-state index contributed by atoms with van der Waals surface area (Å²) in [6.45, 7) is 7.63. The van der Waals surface area contributed by atoms with Crippen LogP contribution >= 0.6 is 11.8 Å². The van der Waals surface area contributed by atoms with Gasteiger partial charge in [0.15, 0.2) is 5.17 Å². The van der Waals surface area contributed by atoms with E-state index >= 15 is 0 Å². The summed E-state index contributed by atoms with van der Waals surface area (Å²) in [5.41, 5.74) is 2.87. The molecule has 0 aromatic heterocycles. The standard InChI is InChI=1S/C19H19N3O3S/c1-9-8-19(3,4)22-14-11(9)6-5-7-12(14)13(17(22)25)15-16(24)21-18(26-15)20-10(2)23/h5-7,9H,8H2,1-4H3,(H,20,21,23,24). The fraction of sp³-hybridized carbons (Fsp3) is 0.368. The molecular formula is C19H19N3O3S. The summed E-state index contributed by atoms with van der Waals surface area (Å²) < 4.78 is 0. The molecule has 1 aromatic rings. The van der Waals surface area contributed by atoms with E-state index in [1.165, 1.54) is 6.92 Å². The van der Waals surface area contributed by atoms with Crippen LogP contribution in [0.2, 0.25) is 0 Å². The number of amides is 3. The highest BCUT2D eigenvalue weighted by molar-refractivity contribution is 8.18. The van der Waals surface area contributed by atoms with E-state index in [9.17, 15) is 14.4 Å². The van der Waals surface area contributed by atoms with Gasteiger partial charge in [-0.1, -0.05) is 25.1 Å². The lowest BCUT2D eigenvalue weighted by Gasteiger charge is -2.43. The predicted octanol–water partition coefficient (Wildman–Crippen LogP) is 2.80. The number of benzene rings is 1. The van der Waals surface area contributed by atoms with Crippen molar-refractivity contribution in [2.45, 2.75) is 45.6 Å². The van der Waals surface area contributed by atoms with Gasteiger partial charge < -0.3 is 10.2 Å². The molecule has 3 aliphatic heterocycles. The summed E-state index contributed by atoms with van der Waals surface area (Å²) in [5.74, 6) is -0.624. The normalized spacial score (nSPS) is 26.1. The third kappa shape index (κ3) is 2.34. The van der Waals surface area contributed by atoms with Gasteiger partial charge in [0.2, 0.25) is 5.91 Å². The van der Waals surface area contributed by atoms with E-state index < -0.39 is 5.91 Å². The number of aliphatic imine (C=N–C) groups is 1. The second-order valence-corrected chi connectivity index (χ2v) is 8.51. The first-order valence-corrected chi connectivity index (χ1v) is 9.33. The van der Waals surface area contributed by atoms with Crippen molar-refractivity contribution >= 4 is 45.9 Å². The number of carbonyl (C=O) groups is 3. The molecule has 3 heterocycles. The smallest absolute Gasteiger partial charge is 0.287 e. The van der Waals surface area contributed by atoms with Crippen LogP contribution in [-0.4, -0.2) is 28.4 Å². The summed E-state index contributed by atoms with van der Waals surface area (Å²) in [6.07, 6.45) is 0.854. The molecule has 26 heavy (non-hydrogen) atoms. The Hall–Kier alpha value is -2.41. The molecule has 0 saturated carbocycles. The van der Waals surface area contributed by atoms with Gasteiger partial charge in [-0.3, -0.25) is 14.4 Å². The van der Waals surface area contributed by atoms with Gasteiger partial charge in [0.1, 0.15) is 0 Å². The van der Waals surface area contributed by atoms with E-state index in [-0.39, 0.29) is 27.4 Å². The Morgan fingerprint density at radius 2 is 2.08 bits per heavy atom. The third-order valence-corrected chi connectivity index (χ3v) is 5.99. The minimum absolute atomic E-state index is 0.167. The Morgan fingerprint density at radius 1 is 1.35 bits per heavy atom. The highest BCUT2D eigenvalue weighted by atomic mass is 32.2. The summed E-state index contributed by atoms with van der Waals surface area (Å²) in [5, 5.41) is 2.75. The van der Waals surface area contributed by atoms with Crippen molar-refractivity contribution in [3.05, 3.63) is 34.2 Å². The zero-order valence-electron chi connectivity index (χ0n) is 15.0. The number of rotatable bonds is 0. The molecule has 3 aliphatic rings. The van der Waals surface area contributed by atoms with E-state index in [2.05, 4.69) is 37.1 Å². The first-order valence-electron chi connectivity index (χ1n) is 8.51. The number of hydrogen-bond donors (Lipinski definition) is 1. The van der Waals surface area contributed by atoms with Crippen molar-refractivity contribution in [2.24, 2.45) is 4.99 Å². The minimum Gasteiger partial charge on any atom is -0.305 e. The van der Waals surface area contributed by atoms with E-state index in [0.717, 1.165) is 35.0 Å². The molecule has 0 bridgehead atoms. The zero-order chi connectivity index (χ0) is 18.8. The molecule has 0 fully saturated rings. The van der Waals surface area contributed by atoms with Crippen molar-refractivity contribution in [3.8, 4) is 0 Å². The van der Waals surface area contributed by atoms with E-state index in [0.29, 0.717) is 11.5 Å². The van der Waals surface area contributed by atoms with Gasteiger partial charge >= 0.3 is 0 Å². The molecular weight excluding hydrogens is 350 g/mol. The Morgan fingerprint density at radius 3 is 2.77 bits per heavy atom. The number of nitrogens with one attached hydrogen (secondary N) is 1. The molecule has 6 nitrogen and oxygen atoms in total. The largest absolute Gasteiger partial charge is 0.305 e. The van der Waals surface area contributed by atoms with Crippen LogP contribution in [0.5, 0.6) is 0 Å². The maximum absolute atomic E-state index is 13.3. The Kier molecular flexibility index (Phi) is 3.63. The number of para-hydroxylation sites is 1. The maximum Gasteiger partial charge on any atom is 0.287 e. The van der Waals surface area contributed by atoms with Gasteiger partial charge in [-0.25, -0.2) is 0 Å². The first-order chi connectivity index (χ1) is 12.2. The average Bonchev–Trinajstić information content (AvgIpc) is 3.01. The predicted molar refractivity (Wildman–Crippen MR) is 102 cm³/mol. The molecule has 1 unspecified atom stereocenters. The van der Waals surface area contributed by atoms with Crippen LogP contribution in [0.4, 0.5) is 5.69 Å². The molecule has 0 spiro atoms. The maximum atomic E-state index is 13.3. The zero-order valence-corrected chi connectivity index (χ0v) is 15.9. The van der Waals surface area contributed by atoms with E-state index in [1.54, 1.807) is 0 Å². The van der Waals surface area contributed by atoms with E-state index in [4.69, 9.17) is 0 Å². The van der Waals surface area contributed by atoms with Crippen molar-refractivity contribution in [2.75, 3.05) is 4.90 Å². The second-order valence-electron chi connectivity index (χ2n) is 7.51. The fourth-order valence-corrected chi connectivity index (χ4v) is 5.10. The highest BCUT2D eigenvalue weighted by Crippen LogP contribution is 2.53. The van der Waals surface area contributed by atoms with Crippen LogP contribution in [0.15, 0.2) is 28.1 Å². The third-order valence-electron chi connectivity index (χ3n) is 5.03. The lowest BCUT2D eigenvalue weighted by molar-refractivity contribution is -0.117. The Labute approximate surface area is 155 Å². The quantitative estimate of drug-likeness (QED) is 0.713. The molecule has 1 atom stereocenters. The monoisotopic (exact) mass is 369 g/mol. The lowest BCUT2D eigenvalue weighted by Crippen LogP contribution is -2.49. The topological polar surface area (TPSA) is 78.8 Å². The van der Waals surface area contributed by atoms with Crippen molar-refractivity contribution in [1.82, 2.24) is 5.32 Å². The first kappa shape index (κ1) is 17.0. The van der Waals surface area contributed by atoms with Gasteiger partial charge in [-0.05, 0) is 43.5 Å². The number of hydrogen-bond acceptors (Lipinski definition) is 4. The van der Waals surface area contributed by atoms with Crippen LogP contribution in [-0.2, 0) is 14.4 Å². The fourth-order valence-electron chi connectivity index (χ4n) is 4.15. The molecule has 1 aromatic carbocycles. The van der Waals surface area contributed by atoms with Gasteiger partial charge in [0, 0.05) is 18.0 Å². The van der Waals surface area contributed by atoms with Crippen molar-refractivity contribution < 1.29 is 14.4 Å². The van der Waals surface area contributed by atoms with Gasteiger partial charge in [0.25, 0.3) is 11.8 Å². The molecule has 4 rings (SSSR count). The number of amidine groups is 1. The van der Waals surface area contributed by atoms with Crippen LogP contribution in [0.25, 0.3) is 5.57 Å². The number of thioether (sulfide) groups is 1. The summed E-state index contributed by atoms with van der Waals surface area (Å²) in [6, 6.07) is 5.87. The molecule has 7 heteroatoms. The lowest BCUT2D eigenvalue weighted by atomic mass is 9.80. The van der Waals surface area contributed by atoms with Gasteiger partial charge in [-0.15, -0.1) is 0 Å². The Balaban J connectivity index is 1.89.